The minimum atomic E-state index is 0. The zero-order valence-electron chi connectivity index (χ0n) is 16.5. The second-order valence-electron chi connectivity index (χ2n) is 8.02. The number of aromatic nitrogens is 1. The first kappa shape index (κ1) is 21.1. The summed E-state index contributed by atoms with van der Waals surface area (Å²) in [4.78, 5) is 11.5. The maximum Gasteiger partial charge on any atom is 0.191 e. The highest BCUT2D eigenvalue weighted by Crippen LogP contribution is 2.60. The van der Waals surface area contributed by atoms with Gasteiger partial charge in [-0.3, -0.25) is 0 Å². The normalized spacial score (nSPS) is 28.4. The summed E-state index contributed by atoms with van der Waals surface area (Å²) >= 11 is 1.67. The summed E-state index contributed by atoms with van der Waals surface area (Å²) in [6.45, 7) is 4.53. The Labute approximate surface area is 183 Å². The zero-order valence-corrected chi connectivity index (χ0v) is 19.7. The molecule has 0 radical (unpaired) electrons. The van der Waals surface area contributed by atoms with Crippen molar-refractivity contribution in [2.75, 3.05) is 32.1 Å². The average Bonchev–Trinajstić information content (AvgIpc) is 3.36. The number of anilines is 1. The number of aliphatic imine (C=N–C) groups is 1. The van der Waals surface area contributed by atoms with Gasteiger partial charge in [0.2, 0.25) is 0 Å². The summed E-state index contributed by atoms with van der Waals surface area (Å²) in [6.07, 6.45) is 6.93. The molecule has 3 atom stereocenters. The van der Waals surface area contributed by atoms with Gasteiger partial charge in [-0.25, -0.2) is 9.98 Å². The zero-order chi connectivity index (χ0) is 18.1. The van der Waals surface area contributed by atoms with E-state index in [1.807, 2.05) is 19.0 Å². The minimum absolute atomic E-state index is 0. The maximum atomic E-state index is 6.10. The molecule has 3 fully saturated rings. The number of hydrogen-bond acceptors (Lipinski definition) is 5. The number of ether oxygens (including phenoxy) is 1. The summed E-state index contributed by atoms with van der Waals surface area (Å²) in [6, 6.07) is 0.503. The van der Waals surface area contributed by atoms with E-state index in [2.05, 4.69) is 27.9 Å². The maximum absolute atomic E-state index is 6.10. The molecule has 27 heavy (non-hydrogen) atoms. The van der Waals surface area contributed by atoms with Gasteiger partial charge in [0.1, 0.15) is 0 Å². The van der Waals surface area contributed by atoms with Gasteiger partial charge in [0.25, 0.3) is 0 Å². The molecule has 2 saturated carbocycles. The lowest BCUT2D eigenvalue weighted by atomic mass is 9.54. The molecule has 152 valence electrons. The van der Waals surface area contributed by atoms with Crippen molar-refractivity contribution in [1.82, 2.24) is 15.6 Å². The molecule has 1 aromatic heterocycles. The van der Waals surface area contributed by atoms with Crippen LogP contribution in [0, 0.1) is 11.3 Å². The fraction of sp³-hybridized carbons (Fsp3) is 0.789. The summed E-state index contributed by atoms with van der Waals surface area (Å²) in [5.41, 5.74) is 1.37. The number of nitrogens with zero attached hydrogens (tertiary/aromatic N) is 3. The SMILES string of the molecule is CCNC(=NCc1csc(N(C)C)n1)NC1C2CCOC2C12CCCC2.I. The first-order chi connectivity index (χ1) is 12.6. The highest BCUT2D eigenvalue weighted by atomic mass is 127. The Morgan fingerprint density at radius 3 is 2.85 bits per heavy atom. The Kier molecular flexibility index (Phi) is 6.89. The van der Waals surface area contributed by atoms with Gasteiger partial charge in [0, 0.05) is 50.0 Å². The quantitative estimate of drug-likeness (QED) is 0.366. The average molecular weight is 505 g/mol. The third-order valence-electron chi connectivity index (χ3n) is 6.24. The monoisotopic (exact) mass is 505 g/mol. The highest BCUT2D eigenvalue weighted by molar-refractivity contribution is 14.0. The Morgan fingerprint density at radius 1 is 1.41 bits per heavy atom. The molecule has 0 amide bonds. The summed E-state index contributed by atoms with van der Waals surface area (Å²) in [7, 11) is 4.05. The lowest BCUT2D eigenvalue weighted by Crippen LogP contribution is -2.69. The molecule has 4 rings (SSSR count). The highest BCUT2D eigenvalue weighted by Gasteiger charge is 2.65. The molecule has 1 aliphatic heterocycles. The number of rotatable bonds is 5. The number of thiazole rings is 1. The molecule has 1 aromatic rings. The van der Waals surface area contributed by atoms with Crippen LogP contribution in [0.25, 0.3) is 0 Å². The minimum Gasteiger partial charge on any atom is -0.377 e. The number of nitrogens with one attached hydrogen (secondary N) is 2. The van der Waals surface area contributed by atoms with Crippen LogP contribution in [-0.4, -0.2) is 50.3 Å². The van der Waals surface area contributed by atoms with Gasteiger partial charge >= 0.3 is 0 Å². The van der Waals surface area contributed by atoms with Gasteiger partial charge in [-0.05, 0) is 26.2 Å². The van der Waals surface area contributed by atoms with E-state index in [9.17, 15) is 0 Å². The summed E-state index contributed by atoms with van der Waals surface area (Å²) < 4.78 is 6.10. The predicted molar refractivity (Wildman–Crippen MR) is 122 cm³/mol. The molecule has 2 aliphatic carbocycles. The van der Waals surface area contributed by atoms with Crippen LogP contribution in [0.2, 0.25) is 0 Å². The van der Waals surface area contributed by atoms with E-state index in [-0.39, 0.29) is 24.0 Å². The molecule has 6 nitrogen and oxygen atoms in total. The lowest BCUT2D eigenvalue weighted by molar-refractivity contribution is -0.125. The van der Waals surface area contributed by atoms with Crippen molar-refractivity contribution in [2.24, 2.45) is 16.3 Å². The number of guanidine groups is 1. The molecule has 1 spiro atoms. The fourth-order valence-corrected chi connectivity index (χ4v) is 5.86. The Hall–Kier alpha value is -0.610. The van der Waals surface area contributed by atoms with E-state index >= 15 is 0 Å². The fourth-order valence-electron chi connectivity index (χ4n) is 5.11. The number of halogens is 1. The summed E-state index contributed by atoms with van der Waals surface area (Å²) in [5, 5.41) is 10.3. The molecule has 0 aromatic carbocycles. The van der Waals surface area contributed by atoms with E-state index in [0.29, 0.717) is 30.0 Å². The van der Waals surface area contributed by atoms with Gasteiger partial charge in [0.15, 0.2) is 11.1 Å². The third-order valence-corrected chi connectivity index (χ3v) is 7.30. The smallest absolute Gasteiger partial charge is 0.191 e. The van der Waals surface area contributed by atoms with Crippen molar-refractivity contribution in [3.8, 4) is 0 Å². The second-order valence-corrected chi connectivity index (χ2v) is 8.85. The van der Waals surface area contributed by atoms with Crippen molar-refractivity contribution in [3.05, 3.63) is 11.1 Å². The Balaban J connectivity index is 0.00000210. The van der Waals surface area contributed by atoms with Crippen molar-refractivity contribution in [3.63, 3.8) is 0 Å². The molecular weight excluding hydrogens is 473 g/mol. The molecule has 1 saturated heterocycles. The molecule has 3 aliphatic rings. The first-order valence-electron chi connectivity index (χ1n) is 9.92. The third kappa shape index (κ3) is 3.94. The predicted octanol–water partition coefficient (Wildman–Crippen LogP) is 3.23. The first-order valence-corrected chi connectivity index (χ1v) is 10.8. The van der Waals surface area contributed by atoms with Crippen LogP contribution in [0.15, 0.2) is 10.4 Å². The number of fused-ring (bicyclic) bond motifs is 2. The van der Waals surface area contributed by atoms with Gasteiger partial charge in [-0.2, -0.15) is 0 Å². The van der Waals surface area contributed by atoms with E-state index < -0.39 is 0 Å². The molecule has 3 unspecified atom stereocenters. The van der Waals surface area contributed by atoms with E-state index in [4.69, 9.17) is 9.73 Å². The molecule has 8 heteroatoms. The Morgan fingerprint density at radius 2 is 2.19 bits per heavy atom. The van der Waals surface area contributed by atoms with Crippen molar-refractivity contribution >= 4 is 46.4 Å². The lowest BCUT2D eigenvalue weighted by Gasteiger charge is -2.57. The van der Waals surface area contributed by atoms with Gasteiger partial charge in [0.05, 0.1) is 18.3 Å². The van der Waals surface area contributed by atoms with Crippen LogP contribution < -0.4 is 15.5 Å². The van der Waals surface area contributed by atoms with E-state index in [1.165, 1.54) is 32.1 Å². The molecular formula is C19H32IN5OS. The summed E-state index contributed by atoms with van der Waals surface area (Å²) in [5.74, 6) is 1.57. The van der Waals surface area contributed by atoms with Crippen LogP contribution in [0.5, 0.6) is 0 Å². The molecule has 2 heterocycles. The van der Waals surface area contributed by atoms with Gasteiger partial charge < -0.3 is 20.3 Å². The number of hydrogen-bond donors (Lipinski definition) is 2. The van der Waals surface area contributed by atoms with Crippen molar-refractivity contribution < 1.29 is 4.74 Å². The van der Waals surface area contributed by atoms with Crippen LogP contribution in [0.4, 0.5) is 5.13 Å². The topological polar surface area (TPSA) is 61.8 Å². The standard InChI is InChI=1S/C19H31N5OS.HI/c1-4-20-17(21-11-13-12-26-18(22-13)24(2)3)23-15-14-7-10-25-16(14)19(15)8-5-6-9-19;/h12,14-16H,4-11H2,1-3H3,(H2,20,21,23);1H. The van der Waals surface area contributed by atoms with Gasteiger partial charge in [-0.1, -0.05) is 12.8 Å². The van der Waals surface area contributed by atoms with Crippen LogP contribution in [0.1, 0.15) is 44.7 Å². The second kappa shape index (κ2) is 8.82. The van der Waals surface area contributed by atoms with Gasteiger partial charge in [-0.15, -0.1) is 35.3 Å². The van der Waals surface area contributed by atoms with E-state index in [0.717, 1.165) is 29.9 Å². The molecule has 0 bridgehead atoms. The van der Waals surface area contributed by atoms with Crippen molar-refractivity contribution in [2.45, 2.75) is 57.7 Å². The van der Waals surface area contributed by atoms with Crippen LogP contribution in [0.3, 0.4) is 0 Å². The Bertz CT molecular complexity index is 658. The van der Waals surface area contributed by atoms with Crippen LogP contribution >= 0.6 is 35.3 Å². The van der Waals surface area contributed by atoms with Crippen LogP contribution in [-0.2, 0) is 11.3 Å². The molecule has 2 N–H and O–H groups in total. The largest absolute Gasteiger partial charge is 0.377 e. The van der Waals surface area contributed by atoms with Crippen molar-refractivity contribution in [1.29, 1.82) is 0 Å². The van der Waals surface area contributed by atoms with E-state index in [1.54, 1.807) is 11.3 Å².